The van der Waals surface area contributed by atoms with Gasteiger partial charge in [-0.15, -0.1) is 11.3 Å². The summed E-state index contributed by atoms with van der Waals surface area (Å²) in [5, 5.41) is 4.38. The number of alkyl halides is 3. The molecule has 0 fully saturated rings. The van der Waals surface area contributed by atoms with Crippen molar-refractivity contribution in [1.82, 2.24) is 5.32 Å². The van der Waals surface area contributed by atoms with Gasteiger partial charge < -0.3 is 15.0 Å². The van der Waals surface area contributed by atoms with Gasteiger partial charge in [-0.1, -0.05) is 6.07 Å². The molecular formula is C22H19F3N2O3S. The first kappa shape index (κ1) is 22.4. The number of hydrogen-bond acceptors (Lipinski definition) is 4. The number of nitrogens with one attached hydrogen (secondary N) is 1. The van der Waals surface area contributed by atoms with Gasteiger partial charge in [-0.3, -0.25) is 9.59 Å². The van der Waals surface area contributed by atoms with Gasteiger partial charge in [0, 0.05) is 16.1 Å². The van der Waals surface area contributed by atoms with Crippen molar-refractivity contribution in [3.8, 4) is 5.75 Å². The Labute approximate surface area is 181 Å². The van der Waals surface area contributed by atoms with Crippen LogP contribution in [0.15, 0.2) is 66.0 Å². The molecule has 0 bridgehead atoms. The van der Waals surface area contributed by atoms with Gasteiger partial charge in [-0.2, -0.15) is 13.2 Å². The van der Waals surface area contributed by atoms with Crippen LogP contribution >= 0.6 is 11.3 Å². The van der Waals surface area contributed by atoms with Gasteiger partial charge >= 0.3 is 6.18 Å². The van der Waals surface area contributed by atoms with Crippen molar-refractivity contribution < 1.29 is 27.5 Å². The lowest BCUT2D eigenvalue weighted by atomic mass is 10.1. The topological polar surface area (TPSA) is 58.6 Å². The fraction of sp³-hybridized carbons (Fsp3) is 0.182. The first-order valence-electron chi connectivity index (χ1n) is 9.20. The van der Waals surface area contributed by atoms with Crippen molar-refractivity contribution in [3.63, 3.8) is 0 Å². The molecular weight excluding hydrogens is 429 g/mol. The van der Waals surface area contributed by atoms with Gasteiger partial charge in [0.25, 0.3) is 5.91 Å². The fourth-order valence-electron chi connectivity index (χ4n) is 2.81. The number of hydrogen-bond donors (Lipinski definition) is 1. The molecule has 0 unspecified atom stereocenters. The first-order valence-corrected chi connectivity index (χ1v) is 10.1. The van der Waals surface area contributed by atoms with Gasteiger partial charge in [-0.25, -0.2) is 0 Å². The number of ether oxygens (including phenoxy) is 1. The molecule has 2 amide bonds. The van der Waals surface area contributed by atoms with E-state index >= 15 is 0 Å². The minimum Gasteiger partial charge on any atom is -0.497 e. The monoisotopic (exact) mass is 448 g/mol. The van der Waals surface area contributed by atoms with E-state index in [0.29, 0.717) is 18.0 Å². The third-order valence-electron chi connectivity index (χ3n) is 4.45. The first-order chi connectivity index (χ1) is 14.8. The Balaban J connectivity index is 1.70. The summed E-state index contributed by atoms with van der Waals surface area (Å²) in [6, 6.07) is 14.5. The van der Waals surface area contributed by atoms with E-state index < -0.39 is 17.6 Å². The van der Waals surface area contributed by atoms with Gasteiger partial charge in [0.1, 0.15) is 5.75 Å². The molecule has 0 atom stereocenters. The average Bonchev–Trinajstić information content (AvgIpc) is 3.28. The lowest BCUT2D eigenvalue weighted by molar-refractivity contribution is -0.137. The highest BCUT2D eigenvalue weighted by atomic mass is 32.1. The zero-order valence-corrected chi connectivity index (χ0v) is 17.3. The molecule has 0 aliphatic heterocycles. The maximum absolute atomic E-state index is 12.9. The molecule has 31 heavy (non-hydrogen) atoms. The number of amides is 2. The SMILES string of the molecule is COc1ccc(N(Cc2cccs2)C(=O)CNC(=O)c2ccc(C(F)(F)F)cc2)cc1. The third-order valence-corrected chi connectivity index (χ3v) is 5.31. The predicted molar refractivity (Wildman–Crippen MR) is 112 cm³/mol. The summed E-state index contributed by atoms with van der Waals surface area (Å²) in [4.78, 5) is 27.7. The van der Waals surface area contributed by atoms with E-state index in [9.17, 15) is 22.8 Å². The Morgan fingerprint density at radius 1 is 1.03 bits per heavy atom. The third kappa shape index (κ3) is 5.85. The second-order valence-electron chi connectivity index (χ2n) is 6.52. The zero-order valence-electron chi connectivity index (χ0n) is 16.5. The van der Waals surface area contributed by atoms with E-state index in [1.807, 2.05) is 17.5 Å². The van der Waals surface area contributed by atoms with Crippen LogP contribution in [0.4, 0.5) is 18.9 Å². The molecule has 0 aliphatic carbocycles. The van der Waals surface area contributed by atoms with Gasteiger partial charge in [0.05, 0.1) is 25.8 Å². The zero-order chi connectivity index (χ0) is 22.4. The smallest absolute Gasteiger partial charge is 0.416 e. The van der Waals surface area contributed by atoms with Crippen molar-refractivity contribution >= 4 is 28.8 Å². The van der Waals surface area contributed by atoms with Crippen molar-refractivity contribution in [2.24, 2.45) is 0 Å². The molecule has 3 aromatic rings. The van der Waals surface area contributed by atoms with Gasteiger partial charge in [0.15, 0.2) is 0 Å². The minimum atomic E-state index is -4.48. The molecule has 9 heteroatoms. The van der Waals surface area contributed by atoms with Crippen LogP contribution in [0.5, 0.6) is 5.75 Å². The maximum atomic E-state index is 12.9. The summed E-state index contributed by atoms with van der Waals surface area (Å²) < 4.78 is 43.2. The van der Waals surface area contributed by atoms with Crippen molar-refractivity contribution in [3.05, 3.63) is 82.0 Å². The quantitative estimate of drug-likeness (QED) is 0.568. The normalized spacial score (nSPS) is 11.1. The molecule has 1 aromatic heterocycles. The van der Waals surface area contributed by atoms with E-state index in [1.54, 1.807) is 31.4 Å². The number of benzene rings is 2. The van der Waals surface area contributed by atoms with E-state index in [1.165, 1.54) is 16.2 Å². The molecule has 1 heterocycles. The van der Waals surface area contributed by atoms with Crippen LogP contribution < -0.4 is 15.0 Å². The second-order valence-corrected chi connectivity index (χ2v) is 7.55. The van der Waals surface area contributed by atoms with Crippen LogP contribution in [-0.4, -0.2) is 25.5 Å². The van der Waals surface area contributed by atoms with Crippen LogP contribution in [0.2, 0.25) is 0 Å². The molecule has 5 nitrogen and oxygen atoms in total. The molecule has 0 spiro atoms. The van der Waals surface area contributed by atoms with Crippen molar-refractivity contribution in [2.45, 2.75) is 12.7 Å². The van der Waals surface area contributed by atoms with Gasteiger partial charge in [-0.05, 0) is 60.0 Å². The standard InChI is InChI=1S/C22H19F3N2O3S/c1-30-18-10-8-17(9-11-18)27(14-19-3-2-12-31-19)20(28)13-26-21(29)15-4-6-16(7-5-15)22(23,24)25/h2-12H,13-14H2,1H3,(H,26,29). The summed E-state index contributed by atoms with van der Waals surface area (Å²) in [7, 11) is 1.54. The fourth-order valence-corrected chi connectivity index (χ4v) is 3.50. The molecule has 0 radical (unpaired) electrons. The summed E-state index contributed by atoms with van der Waals surface area (Å²) in [6.45, 7) is 0.0102. The van der Waals surface area contributed by atoms with Crippen LogP contribution in [0, 0.1) is 0 Å². The minimum absolute atomic E-state index is 0.0371. The van der Waals surface area contributed by atoms with Crippen LogP contribution in [0.3, 0.4) is 0 Å². The molecule has 2 aromatic carbocycles. The molecule has 162 valence electrons. The Morgan fingerprint density at radius 2 is 1.71 bits per heavy atom. The Kier molecular flexibility index (Phi) is 6.96. The molecule has 0 aliphatic rings. The van der Waals surface area contributed by atoms with E-state index in [0.717, 1.165) is 29.1 Å². The van der Waals surface area contributed by atoms with Crippen molar-refractivity contribution in [1.29, 1.82) is 0 Å². The average molecular weight is 448 g/mol. The van der Waals surface area contributed by atoms with E-state index in [4.69, 9.17) is 4.74 Å². The Hall–Kier alpha value is -3.33. The van der Waals surface area contributed by atoms with Crippen LogP contribution in [0.25, 0.3) is 0 Å². The summed E-state index contributed by atoms with van der Waals surface area (Å²) >= 11 is 1.50. The molecule has 0 saturated heterocycles. The second kappa shape index (κ2) is 9.65. The molecule has 0 saturated carbocycles. The number of carbonyl (C=O) groups is 2. The number of anilines is 1. The van der Waals surface area contributed by atoms with Crippen LogP contribution in [0.1, 0.15) is 20.8 Å². The Bertz CT molecular complexity index is 1020. The maximum Gasteiger partial charge on any atom is 0.416 e. The highest BCUT2D eigenvalue weighted by molar-refractivity contribution is 7.09. The molecule has 3 rings (SSSR count). The number of rotatable bonds is 7. The number of methoxy groups -OCH3 is 1. The van der Waals surface area contributed by atoms with E-state index in [-0.39, 0.29) is 18.0 Å². The predicted octanol–water partition coefficient (Wildman–Crippen LogP) is 4.74. The number of thiophene rings is 1. The summed E-state index contributed by atoms with van der Waals surface area (Å²) in [6.07, 6.45) is -4.48. The lowest BCUT2D eigenvalue weighted by Gasteiger charge is -2.23. The van der Waals surface area contributed by atoms with Gasteiger partial charge in [0.2, 0.25) is 5.91 Å². The number of nitrogens with zero attached hydrogens (tertiary/aromatic N) is 1. The number of halogens is 3. The summed E-state index contributed by atoms with van der Waals surface area (Å²) in [5.74, 6) is -0.352. The number of carbonyl (C=O) groups excluding carboxylic acids is 2. The summed E-state index contributed by atoms with van der Waals surface area (Å²) in [5.41, 5.74) is -0.181. The largest absolute Gasteiger partial charge is 0.497 e. The van der Waals surface area contributed by atoms with Crippen LogP contribution in [-0.2, 0) is 17.5 Å². The Morgan fingerprint density at radius 3 is 2.26 bits per heavy atom. The highest BCUT2D eigenvalue weighted by Gasteiger charge is 2.30. The lowest BCUT2D eigenvalue weighted by Crippen LogP contribution is -2.40. The van der Waals surface area contributed by atoms with E-state index in [2.05, 4.69) is 5.32 Å². The van der Waals surface area contributed by atoms with Crippen molar-refractivity contribution in [2.75, 3.05) is 18.6 Å². The highest BCUT2D eigenvalue weighted by Crippen LogP contribution is 2.29. The molecule has 1 N–H and O–H groups in total.